The van der Waals surface area contributed by atoms with Crippen LogP contribution in [0, 0.1) is 6.92 Å². The van der Waals surface area contributed by atoms with E-state index in [4.69, 9.17) is 4.42 Å². The van der Waals surface area contributed by atoms with Gasteiger partial charge < -0.3 is 9.52 Å². The Kier molecular flexibility index (Phi) is 3.18. The van der Waals surface area contributed by atoms with Gasteiger partial charge in [0.2, 0.25) is 0 Å². The van der Waals surface area contributed by atoms with Crippen LogP contribution in [0.3, 0.4) is 0 Å². The lowest BCUT2D eigenvalue weighted by atomic mass is 10.0. The van der Waals surface area contributed by atoms with Crippen LogP contribution in [0.1, 0.15) is 30.9 Å². The van der Waals surface area contributed by atoms with Crippen LogP contribution in [0.15, 0.2) is 27.4 Å². The average molecular weight is 232 g/mol. The minimum absolute atomic E-state index is 0.112. The molecule has 2 aromatic rings. The normalized spacial score (nSPS) is 10.9. The van der Waals surface area contributed by atoms with Gasteiger partial charge in [-0.25, -0.2) is 4.79 Å². The van der Waals surface area contributed by atoms with Crippen molar-refractivity contribution in [1.82, 2.24) is 0 Å². The number of aromatic hydroxyl groups is 1. The lowest BCUT2D eigenvalue weighted by Gasteiger charge is -2.07. The molecule has 0 radical (unpaired) electrons. The standard InChI is InChI=1S/C14H16O3/c1-3-4-5-12-9(2)11-7-6-10(15)8-13(11)17-14(12)16/h6-8,15H,3-5H2,1-2H3. The molecule has 0 aliphatic rings. The van der Waals surface area contributed by atoms with Gasteiger partial charge in [0, 0.05) is 17.0 Å². The number of hydrogen-bond acceptors (Lipinski definition) is 3. The highest BCUT2D eigenvalue weighted by Crippen LogP contribution is 2.23. The first-order chi connectivity index (χ1) is 8.13. The van der Waals surface area contributed by atoms with Crippen LogP contribution in [-0.2, 0) is 6.42 Å². The van der Waals surface area contributed by atoms with Crippen molar-refractivity contribution in [2.45, 2.75) is 33.1 Å². The first-order valence-electron chi connectivity index (χ1n) is 5.88. The van der Waals surface area contributed by atoms with E-state index in [1.807, 2.05) is 6.92 Å². The summed E-state index contributed by atoms with van der Waals surface area (Å²) in [5.41, 5.74) is 1.89. The number of rotatable bonds is 3. The number of fused-ring (bicyclic) bond motifs is 1. The van der Waals surface area contributed by atoms with Gasteiger partial charge in [0.15, 0.2) is 0 Å². The quantitative estimate of drug-likeness (QED) is 0.827. The van der Waals surface area contributed by atoms with Gasteiger partial charge in [-0.15, -0.1) is 0 Å². The predicted octanol–water partition coefficient (Wildman–Crippen LogP) is 3.15. The van der Waals surface area contributed by atoms with Crippen LogP contribution in [0.5, 0.6) is 5.75 Å². The van der Waals surface area contributed by atoms with E-state index < -0.39 is 0 Å². The Labute approximate surface area is 99.7 Å². The molecule has 90 valence electrons. The molecule has 0 amide bonds. The largest absolute Gasteiger partial charge is 0.508 e. The van der Waals surface area contributed by atoms with Gasteiger partial charge in [-0.3, -0.25) is 0 Å². The van der Waals surface area contributed by atoms with Gasteiger partial charge in [-0.1, -0.05) is 13.3 Å². The molecular weight excluding hydrogens is 216 g/mol. The summed E-state index contributed by atoms with van der Waals surface area (Å²) >= 11 is 0. The molecule has 1 aromatic carbocycles. The molecule has 0 aliphatic carbocycles. The summed E-state index contributed by atoms with van der Waals surface area (Å²) in [5, 5.41) is 10.3. The molecule has 0 saturated heterocycles. The molecule has 0 saturated carbocycles. The number of phenolic OH excluding ortho intramolecular Hbond substituents is 1. The third kappa shape index (κ3) is 2.18. The van der Waals surface area contributed by atoms with Gasteiger partial charge in [0.1, 0.15) is 11.3 Å². The smallest absolute Gasteiger partial charge is 0.339 e. The number of unbranched alkanes of at least 4 members (excludes halogenated alkanes) is 1. The van der Waals surface area contributed by atoms with Crippen LogP contribution < -0.4 is 5.63 Å². The molecule has 1 heterocycles. The molecule has 0 spiro atoms. The molecule has 0 atom stereocenters. The van der Waals surface area contributed by atoms with Gasteiger partial charge in [-0.05, 0) is 37.5 Å². The zero-order chi connectivity index (χ0) is 12.4. The van der Waals surface area contributed by atoms with Crippen LogP contribution in [0.4, 0.5) is 0 Å². The monoisotopic (exact) mass is 232 g/mol. The Morgan fingerprint density at radius 1 is 1.35 bits per heavy atom. The Morgan fingerprint density at radius 2 is 2.12 bits per heavy atom. The Bertz CT molecular complexity index is 596. The SMILES string of the molecule is CCCCc1c(C)c2ccc(O)cc2oc1=O. The van der Waals surface area contributed by atoms with Crippen LogP contribution in [0.25, 0.3) is 11.0 Å². The van der Waals surface area contributed by atoms with Crippen molar-refractivity contribution >= 4 is 11.0 Å². The average Bonchev–Trinajstić information content (AvgIpc) is 2.28. The minimum Gasteiger partial charge on any atom is -0.508 e. The number of benzene rings is 1. The molecule has 0 aliphatic heterocycles. The van der Waals surface area contributed by atoms with Crippen molar-refractivity contribution in [2.75, 3.05) is 0 Å². The summed E-state index contributed by atoms with van der Waals surface area (Å²) in [5.74, 6) is 0.112. The highest BCUT2D eigenvalue weighted by atomic mass is 16.4. The fourth-order valence-corrected chi connectivity index (χ4v) is 2.03. The van der Waals surface area contributed by atoms with Crippen molar-refractivity contribution < 1.29 is 9.52 Å². The van der Waals surface area contributed by atoms with Crippen LogP contribution in [-0.4, -0.2) is 5.11 Å². The summed E-state index contributed by atoms with van der Waals surface area (Å²) in [7, 11) is 0. The van der Waals surface area contributed by atoms with Crippen molar-refractivity contribution in [3.05, 3.63) is 39.7 Å². The molecule has 0 unspecified atom stereocenters. The van der Waals surface area contributed by atoms with Gasteiger partial charge in [0.25, 0.3) is 0 Å². The van der Waals surface area contributed by atoms with Crippen molar-refractivity contribution in [1.29, 1.82) is 0 Å². The van der Waals surface area contributed by atoms with E-state index in [0.717, 1.165) is 35.8 Å². The molecule has 0 bridgehead atoms. The number of phenols is 1. The van der Waals surface area contributed by atoms with Gasteiger partial charge in [0.05, 0.1) is 0 Å². The van der Waals surface area contributed by atoms with Crippen molar-refractivity contribution in [3.63, 3.8) is 0 Å². The van der Waals surface area contributed by atoms with Crippen molar-refractivity contribution in [3.8, 4) is 5.75 Å². The van der Waals surface area contributed by atoms with E-state index >= 15 is 0 Å². The summed E-state index contributed by atoms with van der Waals surface area (Å²) in [6, 6.07) is 4.88. The Balaban J connectivity index is 2.63. The van der Waals surface area contributed by atoms with Crippen LogP contribution in [0.2, 0.25) is 0 Å². The number of hydrogen-bond donors (Lipinski definition) is 1. The summed E-state index contributed by atoms with van der Waals surface area (Å²) in [6.45, 7) is 4.03. The van der Waals surface area contributed by atoms with E-state index in [1.54, 1.807) is 12.1 Å². The molecule has 3 heteroatoms. The maximum atomic E-state index is 11.8. The summed E-state index contributed by atoms with van der Waals surface area (Å²) < 4.78 is 5.24. The fourth-order valence-electron chi connectivity index (χ4n) is 2.03. The predicted molar refractivity (Wildman–Crippen MR) is 67.5 cm³/mol. The zero-order valence-corrected chi connectivity index (χ0v) is 10.1. The summed E-state index contributed by atoms with van der Waals surface area (Å²) in [4.78, 5) is 11.8. The summed E-state index contributed by atoms with van der Waals surface area (Å²) in [6.07, 6.45) is 2.78. The van der Waals surface area contributed by atoms with Crippen molar-refractivity contribution in [2.24, 2.45) is 0 Å². The molecule has 17 heavy (non-hydrogen) atoms. The first-order valence-corrected chi connectivity index (χ1v) is 5.88. The van der Waals surface area contributed by atoms with Gasteiger partial charge >= 0.3 is 5.63 Å². The minimum atomic E-state index is -0.283. The van der Waals surface area contributed by atoms with Gasteiger partial charge in [-0.2, -0.15) is 0 Å². The third-order valence-corrected chi connectivity index (χ3v) is 3.05. The lowest BCUT2D eigenvalue weighted by molar-refractivity contribution is 0.472. The second-order valence-corrected chi connectivity index (χ2v) is 4.28. The second kappa shape index (κ2) is 4.62. The molecule has 1 N–H and O–H groups in total. The zero-order valence-electron chi connectivity index (χ0n) is 10.1. The van der Waals surface area contributed by atoms with E-state index in [-0.39, 0.29) is 11.4 Å². The topological polar surface area (TPSA) is 50.4 Å². The Morgan fingerprint density at radius 3 is 2.82 bits per heavy atom. The maximum Gasteiger partial charge on any atom is 0.339 e. The second-order valence-electron chi connectivity index (χ2n) is 4.28. The molecule has 3 nitrogen and oxygen atoms in total. The number of aryl methyl sites for hydroxylation is 1. The van der Waals surface area contributed by atoms with Crippen LogP contribution >= 0.6 is 0 Å². The molecule has 0 fully saturated rings. The fraction of sp³-hybridized carbons (Fsp3) is 0.357. The van der Waals surface area contributed by atoms with E-state index in [9.17, 15) is 9.90 Å². The maximum absolute atomic E-state index is 11.8. The molecular formula is C14H16O3. The first kappa shape index (κ1) is 11.7. The van der Waals surface area contributed by atoms with E-state index in [1.165, 1.54) is 6.07 Å². The molecule has 1 aromatic heterocycles. The highest BCUT2D eigenvalue weighted by Gasteiger charge is 2.10. The van der Waals surface area contributed by atoms with E-state index in [2.05, 4.69) is 6.92 Å². The Hall–Kier alpha value is -1.77. The third-order valence-electron chi connectivity index (χ3n) is 3.05. The highest BCUT2D eigenvalue weighted by molar-refractivity contribution is 5.82. The van der Waals surface area contributed by atoms with E-state index in [0.29, 0.717) is 5.58 Å². The molecule has 2 rings (SSSR count). The lowest BCUT2D eigenvalue weighted by Crippen LogP contribution is -2.10.